The number of anilines is 1. The predicted molar refractivity (Wildman–Crippen MR) is 155 cm³/mol. The minimum atomic E-state index is -4.49. The Morgan fingerprint density at radius 1 is 1.04 bits per heavy atom. The second-order valence-electron chi connectivity index (χ2n) is 10.3. The maximum atomic E-state index is 13.1. The van der Waals surface area contributed by atoms with Crippen molar-refractivity contribution >= 4 is 21.4 Å². The Morgan fingerprint density at radius 3 is 2.24 bits per heavy atom. The summed E-state index contributed by atoms with van der Waals surface area (Å²) >= 11 is 0. The van der Waals surface area contributed by atoms with Crippen LogP contribution in [0.4, 0.5) is 27.6 Å². The highest BCUT2D eigenvalue weighted by Gasteiger charge is 2.35. The van der Waals surface area contributed by atoms with Gasteiger partial charge in [-0.05, 0) is 66.2 Å². The molecule has 3 aromatic carbocycles. The van der Waals surface area contributed by atoms with E-state index in [0.29, 0.717) is 11.3 Å². The van der Waals surface area contributed by atoms with Gasteiger partial charge in [-0.15, -0.1) is 0 Å². The van der Waals surface area contributed by atoms with E-state index in [1.54, 1.807) is 29.2 Å². The van der Waals surface area contributed by atoms with E-state index in [1.807, 2.05) is 6.07 Å². The highest BCUT2D eigenvalue weighted by atomic mass is 32.2. The molecule has 3 atom stereocenters. The van der Waals surface area contributed by atoms with Gasteiger partial charge in [0.25, 0.3) is 5.91 Å². The maximum Gasteiger partial charge on any atom is 0.416 e. The van der Waals surface area contributed by atoms with E-state index in [4.69, 9.17) is 4.74 Å². The zero-order valence-electron chi connectivity index (χ0n) is 24.0. The van der Waals surface area contributed by atoms with Crippen LogP contribution in [0.2, 0.25) is 0 Å². The third-order valence-electron chi connectivity index (χ3n) is 7.36. The van der Waals surface area contributed by atoms with E-state index in [9.17, 15) is 40.4 Å². The summed E-state index contributed by atoms with van der Waals surface area (Å²) in [6.45, 7) is -1.58. The Labute approximate surface area is 257 Å². The zero-order chi connectivity index (χ0) is 32.8. The second kappa shape index (κ2) is 14.3. The molecule has 1 aliphatic heterocycles. The monoisotopic (exact) mass is 651 g/mol. The third-order valence-corrected chi connectivity index (χ3v) is 9.11. The average molecular weight is 652 g/mol. The van der Waals surface area contributed by atoms with Crippen LogP contribution in [0.1, 0.15) is 47.3 Å². The number of sulfone groups is 1. The van der Waals surface area contributed by atoms with Gasteiger partial charge in [-0.25, -0.2) is 8.42 Å². The average Bonchev–Trinajstić information content (AvgIpc) is 3.42. The van der Waals surface area contributed by atoms with Crippen LogP contribution in [0, 0.1) is 11.3 Å². The minimum absolute atomic E-state index is 0.0645. The van der Waals surface area contributed by atoms with E-state index in [-0.39, 0.29) is 48.0 Å². The highest BCUT2D eigenvalue weighted by molar-refractivity contribution is 7.91. The number of amides is 1. The van der Waals surface area contributed by atoms with Gasteiger partial charge in [-0.1, -0.05) is 19.1 Å². The van der Waals surface area contributed by atoms with Crippen LogP contribution in [-0.4, -0.2) is 52.0 Å². The summed E-state index contributed by atoms with van der Waals surface area (Å²) in [6.07, 6.45) is -4.85. The maximum absolute atomic E-state index is 13.1. The molecule has 0 unspecified atom stereocenters. The number of ether oxygens (including phenoxy) is 2. The summed E-state index contributed by atoms with van der Waals surface area (Å²) in [7, 11) is -3.41. The first-order valence-corrected chi connectivity index (χ1v) is 15.6. The van der Waals surface area contributed by atoms with E-state index < -0.39 is 52.3 Å². The summed E-state index contributed by atoms with van der Waals surface area (Å²) in [5.41, 5.74) is 0.558. The van der Waals surface area contributed by atoms with Crippen molar-refractivity contribution in [3.8, 4) is 11.8 Å². The quantitative estimate of drug-likeness (QED) is 0.234. The van der Waals surface area contributed by atoms with Crippen molar-refractivity contribution in [2.24, 2.45) is 0 Å². The molecule has 8 nitrogen and oxygen atoms in total. The van der Waals surface area contributed by atoms with Crippen LogP contribution in [-0.2, 0) is 20.8 Å². The molecule has 1 heterocycles. The number of benzene rings is 3. The number of nitrogens with one attached hydrogen (secondary N) is 1. The number of carbonyl (C=O) groups excluding carboxylic acids is 1. The van der Waals surface area contributed by atoms with Gasteiger partial charge in [0.1, 0.15) is 11.9 Å². The Bertz CT molecular complexity index is 1590. The van der Waals surface area contributed by atoms with Gasteiger partial charge in [0.2, 0.25) is 0 Å². The van der Waals surface area contributed by atoms with E-state index >= 15 is 0 Å². The van der Waals surface area contributed by atoms with Crippen molar-refractivity contribution in [2.45, 2.75) is 55.6 Å². The van der Waals surface area contributed by atoms with Crippen LogP contribution in [0.15, 0.2) is 77.7 Å². The van der Waals surface area contributed by atoms with Crippen LogP contribution >= 0.6 is 0 Å². The Balaban J connectivity index is 1.46. The number of halogens is 5. The smallest absolute Gasteiger partial charge is 0.416 e. The topological polar surface area (TPSA) is 109 Å². The third kappa shape index (κ3) is 8.70. The van der Waals surface area contributed by atoms with Crippen molar-refractivity contribution in [3.05, 3.63) is 89.5 Å². The number of nitriles is 1. The number of nitrogens with zero attached hydrogens (tertiary/aromatic N) is 2. The lowest BCUT2D eigenvalue weighted by atomic mass is 10.0. The number of alkyl halides is 5. The van der Waals surface area contributed by atoms with Crippen LogP contribution < -0.4 is 15.0 Å². The van der Waals surface area contributed by atoms with E-state index in [1.165, 1.54) is 43.3 Å². The van der Waals surface area contributed by atoms with Crippen molar-refractivity contribution in [2.75, 3.05) is 23.8 Å². The standard InChI is InChI=1S/C31H30F5N3O5S/c1-2-45(41,42)27-13-5-20(6-14-27)28(15-16-37)38-29(40)21-3-9-23(10-4-21)39-18-26(17-24(39)19-43-30(32)33)44-25-11-7-22(8-12-25)31(34,35)36/h3-14,24,26,28,30H,2,15,17-19H2,1H3,(H,38,40)/t24-,26+,28-/m0/s1. The molecular formula is C31H30F5N3O5S. The van der Waals surface area contributed by atoms with Crippen LogP contribution in [0.5, 0.6) is 5.75 Å². The molecule has 0 bridgehead atoms. The molecule has 14 heteroatoms. The van der Waals surface area contributed by atoms with Crippen molar-refractivity contribution < 1.29 is 44.6 Å². The summed E-state index contributed by atoms with van der Waals surface area (Å²) in [5.74, 6) is -0.358. The summed E-state index contributed by atoms with van der Waals surface area (Å²) in [4.78, 5) is 15.0. The van der Waals surface area contributed by atoms with Crippen molar-refractivity contribution in [1.82, 2.24) is 5.32 Å². The molecule has 1 saturated heterocycles. The minimum Gasteiger partial charge on any atom is -0.489 e. The Morgan fingerprint density at radius 2 is 1.69 bits per heavy atom. The van der Waals surface area contributed by atoms with Gasteiger partial charge >= 0.3 is 12.8 Å². The first-order chi connectivity index (χ1) is 21.3. The van der Waals surface area contributed by atoms with Crippen LogP contribution in [0.3, 0.4) is 0 Å². The number of rotatable bonds is 12. The number of hydrogen-bond acceptors (Lipinski definition) is 7. The molecule has 1 aliphatic rings. The number of carbonyl (C=O) groups is 1. The molecule has 4 rings (SSSR count). The molecule has 0 aliphatic carbocycles. The lowest BCUT2D eigenvalue weighted by Gasteiger charge is -2.26. The molecule has 3 aromatic rings. The first-order valence-electron chi connectivity index (χ1n) is 13.9. The van der Waals surface area contributed by atoms with Gasteiger partial charge in [0.05, 0.1) is 53.9 Å². The molecule has 0 aromatic heterocycles. The SMILES string of the molecule is CCS(=O)(=O)c1ccc([C@H](CC#N)NC(=O)c2ccc(N3C[C@H](Oc4ccc(C(F)(F)F)cc4)C[C@H]3COC(F)F)cc2)cc1. The van der Waals surface area contributed by atoms with Gasteiger partial charge < -0.3 is 19.7 Å². The Hall–Kier alpha value is -4.22. The molecule has 0 radical (unpaired) electrons. The highest BCUT2D eigenvalue weighted by Crippen LogP contribution is 2.33. The van der Waals surface area contributed by atoms with Crippen molar-refractivity contribution in [3.63, 3.8) is 0 Å². The largest absolute Gasteiger partial charge is 0.489 e. The molecule has 240 valence electrons. The van der Waals surface area contributed by atoms with E-state index in [0.717, 1.165) is 12.1 Å². The summed E-state index contributed by atoms with van der Waals surface area (Å²) in [6, 6.07) is 17.2. The molecule has 1 N–H and O–H groups in total. The first kappa shape index (κ1) is 33.7. The predicted octanol–water partition coefficient (Wildman–Crippen LogP) is 6.15. The Kier molecular flexibility index (Phi) is 10.7. The second-order valence-corrected chi connectivity index (χ2v) is 12.6. The normalized spacial score (nSPS) is 17.6. The van der Waals surface area contributed by atoms with Gasteiger partial charge in [-0.2, -0.15) is 27.2 Å². The number of hydrogen-bond donors (Lipinski definition) is 1. The molecule has 0 saturated carbocycles. The van der Waals surface area contributed by atoms with Gasteiger partial charge in [0, 0.05) is 17.7 Å². The fraction of sp³-hybridized carbons (Fsp3) is 0.355. The molecule has 45 heavy (non-hydrogen) atoms. The lowest BCUT2D eigenvalue weighted by Crippen LogP contribution is -2.34. The van der Waals surface area contributed by atoms with E-state index in [2.05, 4.69) is 10.1 Å². The molecule has 0 spiro atoms. The van der Waals surface area contributed by atoms with Gasteiger partial charge in [0.15, 0.2) is 9.84 Å². The fourth-order valence-corrected chi connectivity index (χ4v) is 5.88. The van der Waals surface area contributed by atoms with Gasteiger partial charge in [-0.3, -0.25) is 4.79 Å². The summed E-state index contributed by atoms with van der Waals surface area (Å²) < 4.78 is 99.0. The molecule has 1 fully saturated rings. The zero-order valence-corrected chi connectivity index (χ0v) is 24.8. The molecule has 1 amide bonds. The summed E-state index contributed by atoms with van der Waals surface area (Å²) in [5, 5.41) is 12.1. The fourth-order valence-electron chi connectivity index (χ4n) is 5.00. The van der Waals surface area contributed by atoms with Crippen LogP contribution in [0.25, 0.3) is 0 Å². The van der Waals surface area contributed by atoms with Crippen molar-refractivity contribution in [1.29, 1.82) is 5.26 Å². The lowest BCUT2D eigenvalue weighted by molar-refractivity contribution is -0.137. The molecular weight excluding hydrogens is 621 g/mol.